The van der Waals surface area contributed by atoms with Crippen LogP contribution in [0.5, 0.6) is 11.5 Å². The van der Waals surface area contributed by atoms with E-state index < -0.39 is 11.6 Å². The van der Waals surface area contributed by atoms with Gasteiger partial charge in [-0.25, -0.2) is 8.78 Å². The number of hydrogen-bond donors (Lipinski definition) is 0. The second-order valence-corrected chi connectivity index (χ2v) is 4.44. The Kier molecular flexibility index (Phi) is 4.52. The second-order valence-electron chi connectivity index (χ2n) is 4.44. The second kappa shape index (κ2) is 6.35. The quantitative estimate of drug-likeness (QED) is 0.787. The number of methoxy groups -OCH3 is 1. The van der Waals surface area contributed by atoms with Crippen LogP contribution in [0.2, 0.25) is 0 Å². The number of ether oxygens (including phenoxy) is 2. The number of carbonyl (C=O) groups excluding carboxylic acids is 1. The Morgan fingerprint density at radius 2 is 1.90 bits per heavy atom. The lowest BCUT2D eigenvalue weighted by Gasteiger charge is -2.11. The van der Waals surface area contributed by atoms with Crippen LogP contribution in [-0.2, 0) is 6.61 Å². The average Bonchev–Trinajstić information content (AvgIpc) is 2.45. The smallest absolute Gasteiger partial charge is 0.163 e. The maximum atomic E-state index is 13.8. The van der Waals surface area contributed by atoms with Gasteiger partial charge in [-0.2, -0.15) is 0 Å². The standard InChI is InChI=1S/C16H14F2O3/c1-10(19)14-6-4-12(17)7-16(14)21-9-11-3-5-13(20-2)8-15(11)18/h3-8H,9H2,1-2H3. The lowest BCUT2D eigenvalue weighted by atomic mass is 10.1. The molecule has 21 heavy (non-hydrogen) atoms. The predicted molar refractivity (Wildman–Crippen MR) is 73.7 cm³/mol. The summed E-state index contributed by atoms with van der Waals surface area (Å²) in [7, 11) is 1.44. The molecule has 0 heterocycles. The third kappa shape index (κ3) is 3.56. The Morgan fingerprint density at radius 1 is 1.14 bits per heavy atom. The van der Waals surface area contributed by atoms with E-state index >= 15 is 0 Å². The molecule has 0 unspecified atom stereocenters. The molecule has 0 aromatic heterocycles. The normalized spacial score (nSPS) is 10.3. The zero-order valence-electron chi connectivity index (χ0n) is 11.7. The van der Waals surface area contributed by atoms with Crippen LogP contribution in [0.1, 0.15) is 22.8 Å². The van der Waals surface area contributed by atoms with Crippen LogP contribution in [0.3, 0.4) is 0 Å². The van der Waals surface area contributed by atoms with Crippen molar-refractivity contribution < 1.29 is 23.0 Å². The van der Waals surface area contributed by atoms with Gasteiger partial charge in [-0.1, -0.05) is 0 Å². The Hall–Kier alpha value is -2.43. The Balaban J connectivity index is 2.20. The van der Waals surface area contributed by atoms with Crippen molar-refractivity contribution in [2.45, 2.75) is 13.5 Å². The van der Waals surface area contributed by atoms with Crippen LogP contribution in [-0.4, -0.2) is 12.9 Å². The molecule has 0 saturated heterocycles. The zero-order chi connectivity index (χ0) is 15.4. The highest BCUT2D eigenvalue weighted by molar-refractivity contribution is 5.96. The van der Waals surface area contributed by atoms with E-state index in [-0.39, 0.29) is 29.3 Å². The van der Waals surface area contributed by atoms with Gasteiger partial charge in [0.1, 0.15) is 29.7 Å². The van der Waals surface area contributed by atoms with Gasteiger partial charge in [0, 0.05) is 17.7 Å². The van der Waals surface area contributed by atoms with Gasteiger partial charge < -0.3 is 9.47 Å². The molecule has 0 aliphatic carbocycles. The van der Waals surface area contributed by atoms with E-state index in [2.05, 4.69) is 0 Å². The molecule has 2 aromatic rings. The molecule has 0 aliphatic heterocycles. The van der Waals surface area contributed by atoms with Crippen molar-refractivity contribution in [2.24, 2.45) is 0 Å². The van der Waals surface area contributed by atoms with Gasteiger partial charge >= 0.3 is 0 Å². The van der Waals surface area contributed by atoms with E-state index in [1.54, 1.807) is 6.07 Å². The van der Waals surface area contributed by atoms with E-state index in [1.165, 1.54) is 38.3 Å². The Morgan fingerprint density at radius 3 is 2.52 bits per heavy atom. The molecule has 2 rings (SSSR count). The first-order valence-electron chi connectivity index (χ1n) is 6.27. The largest absolute Gasteiger partial charge is 0.497 e. The number of carbonyl (C=O) groups is 1. The van der Waals surface area contributed by atoms with Gasteiger partial charge in [-0.05, 0) is 31.2 Å². The summed E-state index contributed by atoms with van der Waals surface area (Å²) in [5.41, 5.74) is 0.542. The first-order chi connectivity index (χ1) is 10.0. The number of benzene rings is 2. The summed E-state index contributed by atoms with van der Waals surface area (Å²) in [6, 6.07) is 7.98. The minimum atomic E-state index is -0.523. The highest BCUT2D eigenvalue weighted by Crippen LogP contribution is 2.23. The highest BCUT2D eigenvalue weighted by Gasteiger charge is 2.11. The van der Waals surface area contributed by atoms with E-state index in [0.717, 1.165) is 6.07 Å². The zero-order valence-corrected chi connectivity index (χ0v) is 11.7. The molecule has 0 bridgehead atoms. The molecule has 0 radical (unpaired) electrons. The number of Topliss-reactive ketones (excluding diaryl/α,β-unsaturated/α-hetero) is 1. The predicted octanol–water partition coefficient (Wildman–Crippen LogP) is 3.76. The van der Waals surface area contributed by atoms with Crippen molar-refractivity contribution >= 4 is 5.78 Å². The van der Waals surface area contributed by atoms with Crippen molar-refractivity contribution in [1.82, 2.24) is 0 Å². The van der Waals surface area contributed by atoms with E-state index in [9.17, 15) is 13.6 Å². The van der Waals surface area contributed by atoms with Gasteiger partial charge in [0.2, 0.25) is 0 Å². The maximum Gasteiger partial charge on any atom is 0.163 e. The monoisotopic (exact) mass is 292 g/mol. The number of halogens is 2. The first kappa shape index (κ1) is 15.0. The van der Waals surface area contributed by atoms with Crippen LogP contribution in [0.15, 0.2) is 36.4 Å². The number of hydrogen-bond acceptors (Lipinski definition) is 3. The Bertz CT molecular complexity index is 669. The van der Waals surface area contributed by atoms with Crippen molar-refractivity contribution in [3.8, 4) is 11.5 Å². The molecule has 2 aromatic carbocycles. The molecular formula is C16H14F2O3. The molecule has 0 atom stereocenters. The van der Waals surface area contributed by atoms with E-state index in [0.29, 0.717) is 5.75 Å². The van der Waals surface area contributed by atoms with Crippen molar-refractivity contribution in [3.63, 3.8) is 0 Å². The van der Waals surface area contributed by atoms with Gasteiger partial charge in [0.05, 0.1) is 12.7 Å². The molecule has 0 amide bonds. The van der Waals surface area contributed by atoms with Crippen LogP contribution in [0, 0.1) is 11.6 Å². The van der Waals surface area contributed by atoms with E-state index in [4.69, 9.17) is 9.47 Å². The minimum Gasteiger partial charge on any atom is -0.497 e. The topological polar surface area (TPSA) is 35.5 Å². The average molecular weight is 292 g/mol. The highest BCUT2D eigenvalue weighted by atomic mass is 19.1. The summed E-state index contributed by atoms with van der Waals surface area (Å²) in [6.45, 7) is 1.24. The van der Waals surface area contributed by atoms with Crippen LogP contribution < -0.4 is 9.47 Å². The fraction of sp³-hybridized carbons (Fsp3) is 0.188. The summed E-state index contributed by atoms with van der Waals surface area (Å²) in [4.78, 5) is 11.4. The number of ketones is 1. The molecule has 0 spiro atoms. The Labute approximate surface area is 121 Å². The van der Waals surface area contributed by atoms with Crippen LogP contribution in [0.4, 0.5) is 8.78 Å². The fourth-order valence-electron chi connectivity index (χ4n) is 1.83. The van der Waals surface area contributed by atoms with Crippen molar-refractivity contribution in [2.75, 3.05) is 7.11 Å². The third-order valence-corrected chi connectivity index (χ3v) is 2.97. The molecule has 0 aliphatic rings. The molecule has 0 fully saturated rings. The molecule has 3 nitrogen and oxygen atoms in total. The summed E-state index contributed by atoms with van der Waals surface area (Å²) in [5, 5.41) is 0. The van der Waals surface area contributed by atoms with E-state index in [1.807, 2.05) is 0 Å². The SMILES string of the molecule is COc1ccc(COc2cc(F)ccc2C(C)=O)c(F)c1. The molecule has 0 saturated carbocycles. The number of rotatable bonds is 5. The summed E-state index contributed by atoms with van der Waals surface area (Å²) < 4.78 is 37.3. The summed E-state index contributed by atoms with van der Waals surface area (Å²) in [5.74, 6) is -0.773. The minimum absolute atomic E-state index is 0.0951. The van der Waals surface area contributed by atoms with Crippen molar-refractivity contribution in [3.05, 3.63) is 59.2 Å². The van der Waals surface area contributed by atoms with Crippen LogP contribution >= 0.6 is 0 Å². The van der Waals surface area contributed by atoms with Gasteiger partial charge in [-0.3, -0.25) is 4.79 Å². The molecular weight excluding hydrogens is 278 g/mol. The lowest BCUT2D eigenvalue weighted by molar-refractivity contribution is 0.101. The third-order valence-electron chi connectivity index (χ3n) is 2.97. The summed E-state index contributed by atoms with van der Waals surface area (Å²) >= 11 is 0. The molecule has 110 valence electrons. The van der Waals surface area contributed by atoms with Crippen LogP contribution in [0.25, 0.3) is 0 Å². The maximum absolute atomic E-state index is 13.8. The fourth-order valence-corrected chi connectivity index (χ4v) is 1.83. The summed E-state index contributed by atoms with van der Waals surface area (Å²) in [6.07, 6.45) is 0. The van der Waals surface area contributed by atoms with Gasteiger partial charge in [0.15, 0.2) is 5.78 Å². The molecule has 0 N–H and O–H groups in total. The lowest BCUT2D eigenvalue weighted by Crippen LogP contribution is -2.03. The van der Waals surface area contributed by atoms with Gasteiger partial charge in [-0.15, -0.1) is 0 Å². The first-order valence-corrected chi connectivity index (χ1v) is 6.27. The molecule has 5 heteroatoms. The van der Waals surface area contributed by atoms with Gasteiger partial charge in [0.25, 0.3) is 0 Å². The van der Waals surface area contributed by atoms with Crippen molar-refractivity contribution in [1.29, 1.82) is 0 Å².